The number of ether oxygens (including phenoxy) is 2. The van der Waals surface area contributed by atoms with Gasteiger partial charge in [-0.05, 0) is 6.07 Å². The topological polar surface area (TPSA) is 55.4 Å². The first-order valence-corrected chi connectivity index (χ1v) is 6.59. The quantitative estimate of drug-likeness (QED) is 0.712. The molecule has 0 spiro atoms. The van der Waals surface area contributed by atoms with Gasteiger partial charge in [0.2, 0.25) is 0 Å². The molecule has 0 saturated carbocycles. The molecule has 0 aliphatic rings. The minimum absolute atomic E-state index is 0.0454. The van der Waals surface area contributed by atoms with Crippen LogP contribution in [0.25, 0.3) is 0 Å². The zero-order chi connectivity index (χ0) is 14.1. The molecular formula is C14H25N3O2. The molecule has 0 saturated heterocycles. The SMILES string of the molecule is COCC(CNc1ccncc1CNC(C)C)OC. The third-order valence-electron chi connectivity index (χ3n) is 2.81. The Hall–Kier alpha value is -1.17. The monoisotopic (exact) mass is 267 g/mol. The Labute approximate surface area is 115 Å². The van der Waals surface area contributed by atoms with Crippen LogP contribution in [0.1, 0.15) is 19.4 Å². The van der Waals surface area contributed by atoms with Crippen molar-refractivity contribution in [2.24, 2.45) is 0 Å². The van der Waals surface area contributed by atoms with Gasteiger partial charge in [0.25, 0.3) is 0 Å². The lowest BCUT2D eigenvalue weighted by Gasteiger charge is -2.18. The van der Waals surface area contributed by atoms with Crippen molar-refractivity contribution < 1.29 is 9.47 Å². The number of nitrogens with zero attached hydrogens (tertiary/aromatic N) is 1. The van der Waals surface area contributed by atoms with Crippen molar-refractivity contribution in [3.05, 3.63) is 24.0 Å². The second-order valence-corrected chi connectivity index (χ2v) is 4.76. The highest BCUT2D eigenvalue weighted by molar-refractivity contribution is 5.49. The average molecular weight is 267 g/mol. The molecule has 1 aromatic heterocycles. The number of hydrogen-bond donors (Lipinski definition) is 2. The number of rotatable bonds is 9. The van der Waals surface area contributed by atoms with E-state index in [4.69, 9.17) is 9.47 Å². The summed E-state index contributed by atoms with van der Waals surface area (Å²) in [4.78, 5) is 4.17. The van der Waals surface area contributed by atoms with E-state index >= 15 is 0 Å². The molecule has 1 unspecified atom stereocenters. The Balaban J connectivity index is 2.56. The molecule has 0 aromatic carbocycles. The molecule has 19 heavy (non-hydrogen) atoms. The van der Waals surface area contributed by atoms with E-state index in [2.05, 4.69) is 29.5 Å². The Kier molecular flexibility index (Phi) is 7.40. The van der Waals surface area contributed by atoms with Crippen LogP contribution >= 0.6 is 0 Å². The fraction of sp³-hybridized carbons (Fsp3) is 0.643. The predicted octanol–water partition coefficient (Wildman–Crippen LogP) is 1.65. The molecular weight excluding hydrogens is 242 g/mol. The van der Waals surface area contributed by atoms with Crippen molar-refractivity contribution in [3.63, 3.8) is 0 Å². The van der Waals surface area contributed by atoms with Crippen molar-refractivity contribution in [2.45, 2.75) is 32.5 Å². The predicted molar refractivity (Wildman–Crippen MR) is 77.4 cm³/mol. The minimum Gasteiger partial charge on any atom is -0.382 e. The molecule has 1 aromatic rings. The van der Waals surface area contributed by atoms with E-state index in [1.807, 2.05) is 12.3 Å². The van der Waals surface area contributed by atoms with Gasteiger partial charge in [0, 0.05) is 57.0 Å². The maximum absolute atomic E-state index is 5.33. The van der Waals surface area contributed by atoms with Crippen molar-refractivity contribution in [1.29, 1.82) is 0 Å². The second kappa shape index (κ2) is 8.85. The van der Waals surface area contributed by atoms with Gasteiger partial charge in [-0.1, -0.05) is 13.8 Å². The lowest BCUT2D eigenvalue weighted by atomic mass is 10.2. The smallest absolute Gasteiger partial charge is 0.0976 e. The first-order valence-electron chi connectivity index (χ1n) is 6.59. The van der Waals surface area contributed by atoms with Gasteiger partial charge in [0.05, 0.1) is 12.7 Å². The summed E-state index contributed by atoms with van der Waals surface area (Å²) < 4.78 is 10.4. The van der Waals surface area contributed by atoms with Gasteiger partial charge in [0.15, 0.2) is 0 Å². The molecule has 0 radical (unpaired) electrons. The summed E-state index contributed by atoms with van der Waals surface area (Å²) in [6.07, 6.45) is 3.72. The van der Waals surface area contributed by atoms with Crippen LogP contribution in [0.4, 0.5) is 5.69 Å². The largest absolute Gasteiger partial charge is 0.382 e. The normalized spacial score (nSPS) is 12.7. The third kappa shape index (κ3) is 6.00. The van der Waals surface area contributed by atoms with E-state index in [0.717, 1.165) is 17.8 Å². The number of methoxy groups -OCH3 is 2. The zero-order valence-corrected chi connectivity index (χ0v) is 12.3. The van der Waals surface area contributed by atoms with E-state index in [-0.39, 0.29) is 6.10 Å². The molecule has 0 bridgehead atoms. The van der Waals surface area contributed by atoms with Gasteiger partial charge in [-0.2, -0.15) is 0 Å². The molecule has 1 heterocycles. The molecule has 5 heteroatoms. The van der Waals surface area contributed by atoms with E-state index in [1.165, 1.54) is 0 Å². The average Bonchev–Trinajstić information content (AvgIpc) is 2.42. The Morgan fingerprint density at radius 2 is 2.11 bits per heavy atom. The molecule has 0 aliphatic carbocycles. The molecule has 5 nitrogen and oxygen atoms in total. The number of hydrogen-bond acceptors (Lipinski definition) is 5. The fourth-order valence-corrected chi connectivity index (χ4v) is 1.67. The van der Waals surface area contributed by atoms with Gasteiger partial charge in [-0.15, -0.1) is 0 Å². The molecule has 1 rings (SSSR count). The van der Waals surface area contributed by atoms with Gasteiger partial charge in [0.1, 0.15) is 0 Å². The minimum atomic E-state index is 0.0454. The molecule has 0 fully saturated rings. The lowest BCUT2D eigenvalue weighted by Crippen LogP contribution is -2.27. The molecule has 0 amide bonds. The third-order valence-corrected chi connectivity index (χ3v) is 2.81. The van der Waals surface area contributed by atoms with Crippen LogP contribution in [0.3, 0.4) is 0 Å². The van der Waals surface area contributed by atoms with E-state index in [1.54, 1.807) is 20.4 Å². The summed E-state index contributed by atoms with van der Waals surface area (Å²) in [6, 6.07) is 2.44. The number of anilines is 1. The lowest BCUT2D eigenvalue weighted by molar-refractivity contribution is 0.0365. The molecule has 0 aliphatic heterocycles. The van der Waals surface area contributed by atoms with Gasteiger partial charge in [-0.25, -0.2) is 0 Å². The van der Waals surface area contributed by atoms with Crippen molar-refractivity contribution in [1.82, 2.24) is 10.3 Å². The Morgan fingerprint density at radius 1 is 1.32 bits per heavy atom. The summed E-state index contributed by atoms with van der Waals surface area (Å²) in [6.45, 7) is 6.35. The van der Waals surface area contributed by atoms with E-state index in [9.17, 15) is 0 Å². The fourth-order valence-electron chi connectivity index (χ4n) is 1.67. The first kappa shape index (κ1) is 15.9. The molecule has 108 valence electrons. The van der Waals surface area contributed by atoms with Crippen LogP contribution in [-0.4, -0.2) is 44.5 Å². The first-order chi connectivity index (χ1) is 9.17. The van der Waals surface area contributed by atoms with Crippen LogP contribution in [0.2, 0.25) is 0 Å². The molecule has 1 atom stereocenters. The highest BCUT2D eigenvalue weighted by Gasteiger charge is 2.08. The van der Waals surface area contributed by atoms with Gasteiger partial charge in [-0.3, -0.25) is 4.98 Å². The highest BCUT2D eigenvalue weighted by atomic mass is 16.5. The van der Waals surface area contributed by atoms with E-state index in [0.29, 0.717) is 19.2 Å². The Morgan fingerprint density at radius 3 is 2.74 bits per heavy atom. The number of aromatic nitrogens is 1. The highest BCUT2D eigenvalue weighted by Crippen LogP contribution is 2.13. The summed E-state index contributed by atoms with van der Waals surface area (Å²) in [7, 11) is 3.37. The second-order valence-electron chi connectivity index (χ2n) is 4.76. The van der Waals surface area contributed by atoms with Gasteiger partial charge < -0.3 is 20.1 Å². The zero-order valence-electron chi connectivity index (χ0n) is 12.3. The van der Waals surface area contributed by atoms with Crippen molar-refractivity contribution in [3.8, 4) is 0 Å². The maximum atomic E-state index is 5.33. The summed E-state index contributed by atoms with van der Waals surface area (Å²) in [5.74, 6) is 0. The van der Waals surface area contributed by atoms with Crippen LogP contribution in [0, 0.1) is 0 Å². The van der Waals surface area contributed by atoms with Crippen LogP contribution in [0.15, 0.2) is 18.5 Å². The van der Waals surface area contributed by atoms with E-state index < -0.39 is 0 Å². The maximum Gasteiger partial charge on any atom is 0.0976 e. The number of pyridine rings is 1. The van der Waals surface area contributed by atoms with Crippen molar-refractivity contribution in [2.75, 3.05) is 32.7 Å². The summed E-state index contributed by atoms with van der Waals surface area (Å²) >= 11 is 0. The standard InChI is InChI=1S/C14H25N3O2/c1-11(2)16-8-12-7-15-6-5-14(12)17-9-13(19-4)10-18-3/h5-7,11,13,16H,8-10H2,1-4H3,(H,15,17). The molecule has 2 N–H and O–H groups in total. The number of nitrogens with one attached hydrogen (secondary N) is 2. The Bertz CT molecular complexity index is 358. The van der Waals surface area contributed by atoms with Crippen LogP contribution < -0.4 is 10.6 Å². The van der Waals surface area contributed by atoms with Crippen LogP contribution in [-0.2, 0) is 16.0 Å². The van der Waals surface area contributed by atoms with Gasteiger partial charge >= 0.3 is 0 Å². The summed E-state index contributed by atoms with van der Waals surface area (Å²) in [5, 5.41) is 6.78. The van der Waals surface area contributed by atoms with Crippen LogP contribution in [0.5, 0.6) is 0 Å². The summed E-state index contributed by atoms with van der Waals surface area (Å²) in [5.41, 5.74) is 2.24. The van der Waals surface area contributed by atoms with Crippen molar-refractivity contribution >= 4 is 5.69 Å².